The van der Waals surface area contributed by atoms with Crippen LogP contribution in [0.5, 0.6) is 5.75 Å². The summed E-state index contributed by atoms with van der Waals surface area (Å²) in [6.07, 6.45) is 5.31. The van der Waals surface area contributed by atoms with Gasteiger partial charge in [-0.3, -0.25) is 0 Å². The lowest BCUT2D eigenvalue weighted by atomic mass is 9.82. The molecule has 2 aromatic rings. The zero-order valence-corrected chi connectivity index (χ0v) is 17.5. The molecule has 0 bridgehead atoms. The molecule has 2 atom stereocenters. The van der Waals surface area contributed by atoms with Gasteiger partial charge in [-0.25, -0.2) is 4.79 Å². The highest BCUT2D eigenvalue weighted by Gasteiger charge is 2.54. The van der Waals surface area contributed by atoms with Gasteiger partial charge in [0.05, 0.1) is 12.6 Å². The first-order valence-corrected chi connectivity index (χ1v) is 10.4. The highest BCUT2D eigenvalue weighted by Crippen LogP contribution is 2.49. The first kappa shape index (κ1) is 19.1. The number of methoxy groups -OCH3 is 1. The zero-order chi connectivity index (χ0) is 19.9. The smallest absolute Gasteiger partial charge is 0.410 e. The molecule has 0 aromatic heterocycles. The Kier molecular flexibility index (Phi) is 4.76. The van der Waals surface area contributed by atoms with Crippen molar-refractivity contribution in [2.75, 3.05) is 13.7 Å². The molecule has 28 heavy (non-hydrogen) atoms. The lowest BCUT2D eigenvalue weighted by Gasteiger charge is -2.39. The Morgan fingerprint density at radius 1 is 1.14 bits per heavy atom. The van der Waals surface area contributed by atoms with E-state index in [0.29, 0.717) is 5.92 Å². The molecule has 4 heteroatoms. The average molecular weight is 382 g/mol. The summed E-state index contributed by atoms with van der Waals surface area (Å²) < 4.78 is 11.1. The first-order chi connectivity index (χ1) is 13.3. The number of fused-ring (bicyclic) bond motifs is 2. The van der Waals surface area contributed by atoms with E-state index in [-0.39, 0.29) is 11.6 Å². The van der Waals surface area contributed by atoms with Crippen LogP contribution in [0.2, 0.25) is 0 Å². The number of carbonyl (C=O) groups is 1. The third-order valence-electron chi connectivity index (χ3n) is 6.40. The number of likely N-dealkylation sites (tertiary alicyclic amines) is 1. The Bertz CT molecular complexity index is 885. The molecular weight excluding hydrogens is 350 g/mol. The molecule has 1 saturated heterocycles. The van der Waals surface area contributed by atoms with Gasteiger partial charge in [0.2, 0.25) is 0 Å². The van der Waals surface area contributed by atoms with Gasteiger partial charge in [-0.15, -0.1) is 0 Å². The molecule has 4 rings (SSSR count). The van der Waals surface area contributed by atoms with E-state index in [2.05, 4.69) is 30.3 Å². The minimum absolute atomic E-state index is 0.0948. The third kappa shape index (κ3) is 3.45. The van der Waals surface area contributed by atoms with E-state index in [0.717, 1.165) is 31.6 Å². The molecular formula is C24H31NO3. The zero-order valence-electron chi connectivity index (χ0n) is 17.5. The van der Waals surface area contributed by atoms with E-state index in [1.807, 2.05) is 31.7 Å². The van der Waals surface area contributed by atoms with Gasteiger partial charge in [-0.2, -0.15) is 0 Å². The summed E-state index contributed by atoms with van der Waals surface area (Å²) >= 11 is 0. The normalized spacial score (nSPS) is 24.4. The number of rotatable bonds is 3. The van der Waals surface area contributed by atoms with E-state index in [4.69, 9.17) is 9.47 Å². The molecule has 4 nitrogen and oxygen atoms in total. The molecule has 1 heterocycles. The summed E-state index contributed by atoms with van der Waals surface area (Å²) in [5.74, 6) is 1.45. The van der Waals surface area contributed by atoms with Gasteiger partial charge in [-0.05, 0) is 80.8 Å². The molecule has 0 spiro atoms. The van der Waals surface area contributed by atoms with E-state index >= 15 is 0 Å². The van der Waals surface area contributed by atoms with Crippen molar-refractivity contribution in [2.24, 2.45) is 5.92 Å². The van der Waals surface area contributed by atoms with E-state index in [9.17, 15) is 4.79 Å². The van der Waals surface area contributed by atoms with Crippen molar-refractivity contribution in [1.29, 1.82) is 0 Å². The quantitative estimate of drug-likeness (QED) is 0.697. The first-order valence-electron chi connectivity index (χ1n) is 10.4. The van der Waals surface area contributed by atoms with Crippen molar-refractivity contribution in [3.05, 3.63) is 42.0 Å². The van der Waals surface area contributed by atoms with Crippen LogP contribution in [0.4, 0.5) is 4.79 Å². The second kappa shape index (κ2) is 6.98. The summed E-state index contributed by atoms with van der Waals surface area (Å²) in [6, 6.07) is 12.8. The minimum atomic E-state index is -0.461. The average Bonchev–Trinajstić information content (AvgIpc) is 3.17. The Hall–Kier alpha value is -2.23. The molecule has 1 amide bonds. The summed E-state index contributed by atoms with van der Waals surface area (Å²) in [7, 11) is 1.69. The molecule has 0 radical (unpaired) electrons. The molecule has 1 saturated carbocycles. The van der Waals surface area contributed by atoms with Gasteiger partial charge in [0.25, 0.3) is 0 Å². The van der Waals surface area contributed by atoms with Crippen LogP contribution < -0.4 is 4.74 Å². The number of amides is 1. The van der Waals surface area contributed by atoms with Crippen LogP contribution >= 0.6 is 0 Å². The number of hydrogen-bond acceptors (Lipinski definition) is 3. The van der Waals surface area contributed by atoms with Crippen molar-refractivity contribution in [3.63, 3.8) is 0 Å². The van der Waals surface area contributed by atoms with Gasteiger partial charge < -0.3 is 14.4 Å². The Labute approximate surface area is 167 Å². The van der Waals surface area contributed by atoms with Crippen molar-refractivity contribution >= 4 is 16.9 Å². The summed E-state index contributed by atoms with van der Waals surface area (Å²) in [5.41, 5.74) is 0.736. The molecule has 2 aliphatic rings. The monoisotopic (exact) mass is 381 g/mol. The number of nitrogens with zero attached hydrogens (tertiary/aromatic N) is 1. The van der Waals surface area contributed by atoms with Gasteiger partial charge in [0, 0.05) is 6.54 Å². The van der Waals surface area contributed by atoms with E-state index in [1.165, 1.54) is 29.2 Å². The van der Waals surface area contributed by atoms with Crippen LogP contribution in [0, 0.1) is 5.92 Å². The second-order valence-electron chi connectivity index (χ2n) is 9.34. The fraction of sp³-hybridized carbons (Fsp3) is 0.542. The van der Waals surface area contributed by atoms with Crippen molar-refractivity contribution in [2.45, 2.75) is 64.0 Å². The summed E-state index contributed by atoms with van der Waals surface area (Å²) in [4.78, 5) is 15.0. The minimum Gasteiger partial charge on any atom is -0.497 e. The summed E-state index contributed by atoms with van der Waals surface area (Å²) in [6.45, 7) is 6.64. The van der Waals surface area contributed by atoms with Crippen LogP contribution in [-0.4, -0.2) is 35.8 Å². The number of hydrogen-bond donors (Lipinski definition) is 0. The predicted molar refractivity (Wildman–Crippen MR) is 112 cm³/mol. The molecule has 1 aliphatic carbocycles. The Morgan fingerprint density at radius 3 is 2.64 bits per heavy atom. The fourth-order valence-electron chi connectivity index (χ4n) is 5.19. The number of ether oxygens (including phenoxy) is 2. The maximum absolute atomic E-state index is 13.0. The van der Waals surface area contributed by atoms with E-state index < -0.39 is 5.60 Å². The van der Waals surface area contributed by atoms with Crippen LogP contribution in [0.25, 0.3) is 10.8 Å². The second-order valence-corrected chi connectivity index (χ2v) is 9.34. The SMILES string of the molecule is COc1ccc2cc(C[C@]34CCC[C@H]3CCN4C(=O)OC(C)(C)C)ccc2c1. The number of benzene rings is 2. The standard InChI is InChI=1S/C24H31NO3/c1-23(2,3)28-22(26)25-13-11-20-6-5-12-24(20,25)16-17-7-8-19-15-21(27-4)10-9-18(19)14-17/h7-10,14-15,20H,5-6,11-13,16H2,1-4H3/t20-,24+/m0/s1. The van der Waals surface area contributed by atoms with Crippen molar-refractivity contribution in [1.82, 2.24) is 4.90 Å². The third-order valence-corrected chi connectivity index (χ3v) is 6.40. The van der Waals surface area contributed by atoms with Gasteiger partial charge >= 0.3 is 6.09 Å². The van der Waals surface area contributed by atoms with Crippen molar-refractivity contribution < 1.29 is 14.3 Å². The topological polar surface area (TPSA) is 38.8 Å². The van der Waals surface area contributed by atoms with E-state index in [1.54, 1.807) is 7.11 Å². The Morgan fingerprint density at radius 2 is 1.89 bits per heavy atom. The maximum Gasteiger partial charge on any atom is 0.410 e. The van der Waals surface area contributed by atoms with Crippen LogP contribution in [-0.2, 0) is 11.2 Å². The van der Waals surface area contributed by atoms with Crippen LogP contribution in [0.15, 0.2) is 36.4 Å². The molecule has 2 aromatic carbocycles. The summed E-state index contributed by atoms with van der Waals surface area (Å²) in [5, 5.41) is 2.39. The highest BCUT2D eigenvalue weighted by atomic mass is 16.6. The van der Waals surface area contributed by atoms with Crippen molar-refractivity contribution in [3.8, 4) is 5.75 Å². The van der Waals surface area contributed by atoms with Crippen LogP contribution in [0.3, 0.4) is 0 Å². The molecule has 1 aliphatic heterocycles. The molecule has 0 unspecified atom stereocenters. The predicted octanol–water partition coefficient (Wildman–Crippen LogP) is 5.57. The lowest BCUT2D eigenvalue weighted by molar-refractivity contribution is 0.00491. The molecule has 0 N–H and O–H groups in total. The Balaban J connectivity index is 1.63. The fourth-order valence-corrected chi connectivity index (χ4v) is 5.19. The van der Waals surface area contributed by atoms with Gasteiger partial charge in [0.15, 0.2) is 0 Å². The van der Waals surface area contributed by atoms with Crippen LogP contribution in [0.1, 0.15) is 52.0 Å². The lowest BCUT2D eigenvalue weighted by Crippen LogP contribution is -2.51. The highest BCUT2D eigenvalue weighted by molar-refractivity contribution is 5.84. The van der Waals surface area contributed by atoms with Gasteiger partial charge in [0.1, 0.15) is 11.4 Å². The maximum atomic E-state index is 13.0. The van der Waals surface area contributed by atoms with Gasteiger partial charge in [-0.1, -0.05) is 30.7 Å². The molecule has 150 valence electrons. The molecule has 2 fully saturated rings. The number of carbonyl (C=O) groups excluding carboxylic acids is 1. The largest absolute Gasteiger partial charge is 0.497 e.